The number of amides is 1. The summed E-state index contributed by atoms with van der Waals surface area (Å²) < 4.78 is 0. The third-order valence-corrected chi connectivity index (χ3v) is 3.77. The minimum Gasteiger partial charge on any atom is -0.477 e. The van der Waals surface area contributed by atoms with E-state index in [0.29, 0.717) is 5.69 Å². The van der Waals surface area contributed by atoms with E-state index in [-0.39, 0.29) is 10.8 Å². The molecule has 1 aliphatic heterocycles. The lowest BCUT2D eigenvalue weighted by molar-refractivity contribution is -0.117. The molecule has 0 bridgehead atoms. The van der Waals surface area contributed by atoms with E-state index in [0.717, 1.165) is 29.2 Å². The van der Waals surface area contributed by atoms with E-state index in [2.05, 4.69) is 10.6 Å². The fourth-order valence-corrected chi connectivity index (χ4v) is 2.63. The van der Waals surface area contributed by atoms with Gasteiger partial charge in [0.05, 0.1) is 5.69 Å². The summed E-state index contributed by atoms with van der Waals surface area (Å²) in [6.07, 6.45) is 1.64. The first-order valence-electron chi connectivity index (χ1n) is 4.57. The molecule has 1 saturated carbocycles. The van der Waals surface area contributed by atoms with Gasteiger partial charge in [0.1, 0.15) is 15.4 Å². The van der Waals surface area contributed by atoms with Crippen LogP contribution in [0.2, 0.25) is 0 Å². The summed E-state index contributed by atoms with van der Waals surface area (Å²) in [4.78, 5) is 22.6. The molecule has 2 aliphatic rings. The Bertz CT molecular complexity index is 476. The van der Waals surface area contributed by atoms with Gasteiger partial charge in [-0.15, -0.1) is 11.3 Å². The zero-order chi connectivity index (χ0) is 10.6. The zero-order valence-electron chi connectivity index (χ0n) is 7.66. The molecule has 1 aromatic rings. The second-order valence-electron chi connectivity index (χ2n) is 3.82. The van der Waals surface area contributed by atoms with Crippen LogP contribution >= 0.6 is 11.3 Å². The van der Waals surface area contributed by atoms with Gasteiger partial charge in [-0.05, 0) is 18.9 Å². The molecule has 6 heteroatoms. The number of nitrogens with one attached hydrogen (secondary N) is 2. The number of hydrogen-bond donors (Lipinski definition) is 3. The number of fused-ring (bicyclic) bond motifs is 1. The van der Waals surface area contributed by atoms with Crippen LogP contribution in [0.4, 0.5) is 10.7 Å². The molecule has 78 valence electrons. The molecule has 3 N–H and O–H groups in total. The third-order valence-electron chi connectivity index (χ3n) is 2.73. The number of anilines is 2. The van der Waals surface area contributed by atoms with E-state index in [1.807, 2.05) is 0 Å². The predicted molar refractivity (Wildman–Crippen MR) is 55.5 cm³/mol. The lowest BCUT2D eigenvalue weighted by Gasteiger charge is -2.23. The highest BCUT2D eigenvalue weighted by molar-refractivity contribution is 7.18. The maximum absolute atomic E-state index is 11.6. The van der Waals surface area contributed by atoms with Crippen LogP contribution in [0.5, 0.6) is 0 Å². The van der Waals surface area contributed by atoms with Gasteiger partial charge in [0, 0.05) is 0 Å². The second-order valence-corrected chi connectivity index (χ2v) is 4.87. The second kappa shape index (κ2) is 2.52. The SMILES string of the molecule is O=C(O)c1cc2c(s1)NC1(CC1)C(=O)N2. The fourth-order valence-electron chi connectivity index (χ4n) is 1.68. The highest BCUT2D eigenvalue weighted by atomic mass is 32.1. The Morgan fingerprint density at radius 1 is 1.53 bits per heavy atom. The number of carboxylic acid groups (broad SMARTS) is 1. The van der Waals surface area contributed by atoms with Crippen molar-refractivity contribution in [3.8, 4) is 0 Å². The molecule has 0 unspecified atom stereocenters. The molecular formula is C9H8N2O3S. The first kappa shape index (κ1) is 8.72. The Morgan fingerprint density at radius 2 is 2.27 bits per heavy atom. The molecule has 1 aliphatic carbocycles. The monoisotopic (exact) mass is 224 g/mol. The van der Waals surface area contributed by atoms with Crippen molar-refractivity contribution in [2.45, 2.75) is 18.4 Å². The van der Waals surface area contributed by atoms with Crippen molar-refractivity contribution in [2.75, 3.05) is 10.6 Å². The van der Waals surface area contributed by atoms with Gasteiger partial charge >= 0.3 is 5.97 Å². The Labute approximate surface area is 89.1 Å². The van der Waals surface area contributed by atoms with Gasteiger partial charge in [-0.1, -0.05) is 0 Å². The minimum absolute atomic E-state index is 0.0512. The van der Waals surface area contributed by atoms with Crippen LogP contribution in [0.15, 0.2) is 6.07 Å². The molecule has 3 rings (SSSR count). The molecule has 0 aromatic carbocycles. The summed E-state index contributed by atoms with van der Waals surface area (Å²) in [5, 5.41) is 15.4. The van der Waals surface area contributed by atoms with Gasteiger partial charge < -0.3 is 15.7 Å². The molecular weight excluding hydrogens is 216 g/mol. The van der Waals surface area contributed by atoms with Gasteiger partial charge in [-0.25, -0.2) is 4.79 Å². The van der Waals surface area contributed by atoms with Crippen molar-refractivity contribution in [1.29, 1.82) is 0 Å². The van der Waals surface area contributed by atoms with Crippen LogP contribution < -0.4 is 10.6 Å². The van der Waals surface area contributed by atoms with Crippen molar-refractivity contribution >= 4 is 33.9 Å². The zero-order valence-corrected chi connectivity index (χ0v) is 8.48. The smallest absolute Gasteiger partial charge is 0.346 e. The molecule has 15 heavy (non-hydrogen) atoms. The van der Waals surface area contributed by atoms with Crippen molar-refractivity contribution in [1.82, 2.24) is 0 Å². The summed E-state index contributed by atoms with van der Waals surface area (Å²) in [7, 11) is 0. The number of carbonyl (C=O) groups excluding carboxylic acids is 1. The summed E-state index contributed by atoms with van der Waals surface area (Å²) in [6, 6.07) is 1.49. The van der Waals surface area contributed by atoms with Crippen LogP contribution in [0.3, 0.4) is 0 Å². The molecule has 1 fully saturated rings. The lowest BCUT2D eigenvalue weighted by Crippen LogP contribution is -2.40. The van der Waals surface area contributed by atoms with Crippen molar-refractivity contribution in [3.63, 3.8) is 0 Å². The lowest BCUT2D eigenvalue weighted by atomic mass is 10.2. The van der Waals surface area contributed by atoms with Crippen LogP contribution in [0.25, 0.3) is 0 Å². The van der Waals surface area contributed by atoms with Crippen LogP contribution in [-0.2, 0) is 4.79 Å². The van der Waals surface area contributed by atoms with Crippen molar-refractivity contribution in [2.24, 2.45) is 0 Å². The van der Waals surface area contributed by atoms with Gasteiger partial charge in [0.2, 0.25) is 5.91 Å². The Morgan fingerprint density at radius 3 is 2.87 bits per heavy atom. The normalized spacial score (nSPS) is 20.4. The molecule has 0 radical (unpaired) electrons. The average Bonchev–Trinajstić information content (AvgIpc) is 2.81. The first-order valence-corrected chi connectivity index (χ1v) is 5.39. The molecule has 1 amide bonds. The largest absolute Gasteiger partial charge is 0.477 e. The third kappa shape index (κ3) is 1.14. The van der Waals surface area contributed by atoms with E-state index >= 15 is 0 Å². The van der Waals surface area contributed by atoms with E-state index in [1.54, 1.807) is 0 Å². The molecule has 1 aromatic heterocycles. The number of hydrogen-bond acceptors (Lipinski definition) is 4. The number of carboxylic acids is 1. The van der Waals surface area contributed by atoms with Gasteiger partial charge in [-0.3, -0.25) is 4.79 Å². The molecule has 5 nitrogen and oxygen atoms in total. The van der Waals surface area contributed by atoms with Crippen LogP contribution in [-0.4, -0.2) is 22.5 Å². The van der Waals surface area contributed by atoms with E-state index < -0.39 is 11.5 Å². The van der Waals surface area contributed by atoms with Crippen LogP contribution in [0.1, 0.15) is 22.5 Å². The first-order chi connectivity index (χ1) is 7.11. The van der Waals surface area contributed by atoms with E-state index in [9.17, 15) is 9.59 Å². The summed E-state index contributed by atoms with van der Waals surface area (Å²) in [5.74, 6) is -1.01. The predicted octanol–water partition coefficient (Wildman–Crippen LogP) is 1.34. The van der Waals surface area contributed by atoms with E-state index in [1.165, 1.54) is 6.07 Å². The summed E-state index contributed by atoms with van der Waals surface area (Å²) in [5.41, 5.74) is 0.132. The number of aromatic carboxylic acids is 1. The van der Waals surface area contributed by atoms with Crippen molar-refractivity contribution in [3.05, 3.63) is 10.9 Å². The number of rotatable bonds is 1. The molecule has 1 spiro atoms. The molecule has 0 atom stereocenters. The van der Waals surface area contributed by atoms with E-state index in [4.69, 9.17) is 5.11 Å². The molecule has 2 heterocycles. The number of carbonyl (C=O) groups is 2. The van der Waals surface area contributed by atoms with Gasteiger partial charge in [0.25, 0.3) is 0 Å². The highest BCUT2D eigenvalue weighted by Gasteiger charge is 2.52. The van der Waals surface area contributed by atoms with Gasteiger partial charge in [-0.2, -0.15) is 0 Å². The Kier molecular flexibility index (Phi) is 1.46. The maximum atomic E-state index is 11.6. The van der Waals surface area contributed by atoms with Crippen molar-refractivity contribution < 1.29 is 14.7 Å². The molecule has 0 saturated heterocycles. The number of thiophene rings is 1. The van der Waals surface area contributed by atoms with Gasteiger partial charge in [0.15, 0.2) is 0 Å². The fraction of sp³-hybridized carbons (Fsp3) is 0.333. The Balaban J connectivity index is 2.02. The average molecular weight is 224 g/mol. The summed E-state index contributed by atoms with van der Waals surface area (Å²) in [6.45, 7) is 0. The summed E-state index contributed by atoms with van der Waals surface area (Å²) >= 11 is 1.16. The standard InChI is InChI=1S/C9H8N2O3S/c12-7(13)5-3-4-6(15-5)11-9(1-2-9)8(14)10-4/h3,11H,1-2H2,(H,10,14)(H,12,13). The quantitative estimate of drug-likeness (QED) is 0.672. The van der Waals surface area contributed by atoms with Crippen LogP contribution in [0, 0.1) is 0 Å². The maximum Gasteiger partial charge on any atom is 0.346 e. The minimum atomic E-state index is -0.963. The highest BCUT2D eigenvalue weighted by Crippen LogP contribution is 2.47. The Hall–Kier alpha value is -1.56. The topological polar surface area (TPSA) is 78.4 Å².